The van der Waals surface area contributed by atoms with Gasteiger partial charge in [-0.25, -0.2) is 0 Å². The first-order valence-electron chi connectivity index (χ1n) is 9.06. The Morgan fingerprint density at radius 1 is 1.22 bits per heavy atom. The van der Waals surface area contributed by atoms with Gasteiger partial charge in [-0.15, -0.1) is 10.1 Å². The zero-order valence-electron chi connectivity index (χ0n) is 16.6. The molecular formula is C19H27N3O5. The minimum absolute atomic E-state index is 0.160. The van der Waals surface area contributed by atoms with Crippen molar-refractivity contribution in [1.29, 1.82) is 0 Å². The third kappa shape index (κ3) is 3.28. The van der Waals surface area contributed by atoms with Gasteiger partial charge in [-0.05, 0) is 57.0 Å². The second-order valence-corrected chi connectivity index (χ2v) is 8.39. The van der Waals surface area contributed by atoms with Crippen molar-refractivity contribution in [2.24, 2.45) is 0 Å². The molecule has 0 amide bonds. The molecule has 3 rings (SSSR count). The molecule has 1 unspecified atom stereocenters. The third-order valence-corrected chi connectivity index (χ3v) is 5.29. The van der Waals surface area contributed by atoms with Gasteiger partial charge in [0.2, 0.25) is 0 Å². The molecule has 0 saturated heterocycles. The zero-order valence-corrected chi connectivity index (χ0v) is 16.6. The van der Waals surface area contributed by atoms with E-state index < -0.39 is 22.3 Å². The molecule has 2 aromatic rings. The van der Waals surface area contributed by atoms with Crippen LogP contribution in [0.15, 0.2) is 22.6 Å². The average molecular weight is 377 g/mol. The summed E-state index contributed by atoms with van der Waals surface area (Å²) in [5.74, 6) is 0.398. The third-order valence-electron chi connectivity index (χ3n) is 5.29. The van der Waals surface area contributed by atoms with Gasteiger partial charge in [-0.2, -0.15) is 5.06 Å². The number of fused-ring (bicyclic) bond motifs is 2. The molecule has 0 fully saturated rings. The van der Waals surface area contributed by atoms with Gasteiger partial charge in [0.15, 0.2) is 6.10 Å². The van der Waals surface area contributed by atoms with Crippen LogP contribution in [0.25, 0.3) is 11.0 Å². The van der Waals surface area contributed by atoms with Crippen molar-refractivity contribution in [2.75, 3.05) is 6.54 Å². The van der Waals surface area contributed by atoms with E-state index in [-0.39, 0.29) is 12.6 Å². The van der Waals surface area contributed by atoms with Crippen molar-refractivity contribution < 1.29 is 19.5 Å². The molecule has 0 radical (unpaired) electrons. The summed E-state index contributed by atoms with van der Waals surface area (Å²) in [4.78, 5) is 15.7. The lowest BCUT2D eigenvalue weighted by Crippen LogP contribution is -2.42. The Hall–Kier alpha value is -2.16. The first kappa shape index (κ1) is 19.6. The highest BCUT2D eigenvalue weighted by Crippen LogP contribution is 2.49. The van der Waals surface area contributed by atoms with Crippen LogP contribution in [0.5, 0.6) is 0 Å². The number of nitrogens with zero attached hydrogens (tertiary/aromatic N) is 2. The highest BCUT2D eigenvalue weighted by Gasteiger charge is 2.49. The fourth-order valence-electron chi connectivity index (χ4n) is 3.84. The highest BCUT2D eigenvalue weighted by molar-refractivity contribution is 5.81. The lowest BCUT2D eigenvalue weighted by atomic mass is 9.89. The summed E-state index contributed by atoms with van der Waals surface area (Å²) in [6.45, 7) is 12.0. The Kier molecular flexibility index (Phi) is 4.70. The van der Waals surface area contributed by atoms with Crippen LogP contribution in [0.3, 0.4) is 0 Å². The van der Waals surface area contributed by atoms with Crippen molar-refractivity contribution >= 4 is 11.0 Å². The molecule has 1 aliphatic heterocycles. The van der Waals surface area contributed by atoms with E-state index in [4.69, 9.17) is 9.25 Å². The van der Waals surface area contributed by atoms with E-state index in [1.165, 1.54) is 5.06 Å². The molecule has 0 saturated carbocycles. The van der Waals surface area contributed by atoms with Crippen molar-refractivity contribution in [2.45, 2.75) is 64.8 Å². The van der Waals surface area contributed by atoms with Crippen molar-refractivity contribution in [3.63, 3.8) is 0 Å². The molecule has 1 atom stereocenters. The topological polar surface area (TPSA) is 101 Å². The molecule has 1 aliphatic rings. The van der Waals surface area contributed by atoms with Gasteiger partial charge in [-0.1, -0.05) is 13.8 Å². The number of nitrogens with one attached hydrogen (secondary N) is 1. The largest absolute Gasteiger partial charge is 0.459 e. The van der Waals surface area contributed by atoms with Gasteiger partial charge in [0.05, 0.1) is 11.1 Å². The van der Waals surface area contributed by atoms with Crippen LogP contribution in [0.4, 0.5) is 0 Å². The van der Waals surface area contributed by atoms with Gasteiger partial charge in [-0.3, -0.25) is 0 Å². The molecule has 27 heavy (non-hydrogen) atoms. The summed E-state index contributed by atoms with van der Waals surface area (Å²) in [7, 11) is 0. The SMILES string of the molecule is CC(C)NCC(O[N+](=O)[O-])c1cc2cc3c(cc2o1)C(C)(C)N(O)C3(C)C. The van der Waals surface area contributed by atoms with Crippen molar-refractivity contribution in [1.82, 2.24) is 10.4 Å². The zero-order chi connectivity index (χ0) is 20.1. The minimum atomic E-state index is -0.833. The van der Waals surface area contributed by atoms with Crippen LogP contribution in [0.1, 0.15) is 64.5 Å². The lowest BCUT2D eigenvalue weighted by molar-refractivity contribution is -0.771. The maximum atomic E-state index is 10.9. The molecule has 1 aromatic carbocycles. The Labute approximate surface area is 158 Å². The Balaban J connectivity index is 2.05. The molecule has 0 spiro atoms. The van der Waals surface area contributed by atoms with Crippen LogP contribution in [-0.2, 0) is 15.9 Å². The second-order valence-electron chi connectivity index (χ2n) is 8.39. The molecule has 1 aromatic heterocycles. The van der Waals surface area contributed by atoms with Gasteiger partial charge in [0.25, 0.3) is 5.09 Å². The average Bonchev–Trinajstić information content (AvgIpc) is 3.03. The molecule has 8 heteroatoms. The molecule has 2 N–H and O–H groups in total. The van der Waals surface area contributed by atoms with Crippen molar-refractivity contribution in [3.05, 3.63) is 45.2 Å². The van der Waals surface area contributed by atoms with Gasteiger partial charge >= 0.3 is 0 Å². The van der Waals surface area contributed by atoms with E-state index in [1.807, 2.05) is 53.7 Å². The second kappa shape index (κ2) is 6.47. The predicted molar refractivity (Wildman–Crippen MR) is 99.9 cm³/mol. The predicted octanol–water partition coefficient (Wildman–Crippen LogP) is 3.86. The standard InChI is InChI=1S/C19H27N3O5/c1-11(2)20-10-17(27-22(24)25)16-8-12-7-13-14(9-15(12)26-16)19(5,6)21(23)18(13,3)4/h7-9,11,17,20,23H,10H2,1-6H3. The summed E-state index contributed by atoms with van der Waals surface area (Å²) in [6.07, 6.45) is -0.833. The number of hydrogen-bond donors (Lipinski definition) is 2. The van der Waals surface area contributed by atoms with Crippen LogP contribution in [0.2, 0.25) is 0 Å². The first-order chi connectivity index (χ1) is 12.4. The monoisotopic (exact) mass is 377 g/mol. The molecular weight excluding hydrogens is 350 g/mol. The summed E-state index contributed by atoms with van der Waals surface area (Å²) in [5.41, 5.74) is 1.46. The van der Waals surface area contributed by atoms with E-state index in [0.717, 1.165) is 16.5 Å². The van der Waals surface area contributed by atoms with Crippen LogP contribution < -0.4 is 5.32 Å². The smallest absolute Gasteiger partial charge is 0.295 e. The summed E-state index contributed by atoms with van der Waals surface area (Å²) < 4.78 is 5.92. The molecule has 0 bridgehead atoms. The molecule has 148 valence electrons. The normalized spacial score (nSPS) is 19.4. The molecule has 8 nitrogen and oxygen atoms in total. The van der Waals surface area contributed by atoms with Gasteiger partial charge in [0.1, 0.15) is 11.3 Å². The number of rotatable bonds is 6. The van der Waals surface area contributed by atoms with E-state index >= 15 is 0 Å². The van der Waals surface area contributed by atoms with Crippen LogP contribution >= 0.6 is 0 Å². The quantitative estimate of drug-likeness (QED) is 0.582. The summed E-state index contributed by atoms with van der Waals surface area (Å²) >= 11 is 0. The minimum Gasteiger partial charge on any atom is -0.459 e. The highest BCUT2D eigenvalue weighted by atomic mass is 17.0. The van der Waals surface area contributed by atoms with Crippen LogP contribution in [0, 0.1) is 10.1 Å². The number of hydrogen-bond acceptors (Lipinski definition) is 7. The fourth-order valence-corrected chi connectivity index (χ4v) is 3.84. The number of furan rings is 1. The number of benzene rings is 1. The Morgan fingerprint density at radius 2 is 1.81 bits per heavy atom. The van der Waals surface area contributed by atoms with Crippen LogP contribution in [-0.4, -0.2) is 27.9 Å². The maximum Gasteiger partial charge on any atom is 0.295 e. The van der Waals surface area contributed by atoms with E-state index in [0.29, 0.717) is 11.3 Å². The van der Waals surface area contributed by atoms with Gasteiger partial charge < -0.3 is 19.8 Å². The maximum absolute atomic E-state index is 10.9. The summed E-state index contributed by atoms with van der Waals surface area (Å²) in [6, 6.07) is 5.82. The van der Waals surface area contributed by atoms with E-state index in [2.05, 4.69) is 5.32 Å². The number of hydroxylamine groups is 2. The van der Waals surface area contributed by atoms with E-state index in [1.54, 1.807) is 6.07 Å². The van der Waals surface area contributed by atoms with E-state index in [9.17, 15) is 15.3 Å². The van der Waals surface area contributed by atoms with Crippen molar-refractivity contribution in [3.8, 4) is 0 Å². The first-order valence-corrected chi connectivity index (χ1v) is 9.06. The fraction of sp³-hybridized carbons (Fsp3) is 0.579. The Bertz CT molecular complexity index is 819. The summed E-state index contributed by atoms with van der Waals surface area (Å²) in [5, 5.41) is 26.0. The molecule has 0 aliphatic carbocycles. The molecule has 2 heterocycles. The lowest BCUT2D eigenvalue weighted by Gasteiger charge is -2.34. The Morgan fingerprint density at radius 3 is 2.37 bits per heavy atom. The van der Waals surface area contributed by atoms with Gasteiger partial charge in [0, 0.05) is 18.0 Å².